The van der Waals surface area contributed by atoms with Gasteiger partial charge in [0.05, 0.1) is 13.2 Å². The number of nitrogens with one attached hydrogen (secondary N) is 1. The van der Waals surface area contributed by atoms with E-state index in [-0.39, 0.29) is 5.75 Å². The molecule has 2 aromatic carbocycles. The molecule has 118 valence electrons. The van der Waals surface area contributed by atoms with Crippen molar-refractivity contribution < 1.29 is 14.2 Å². The molecule has 0 saturated heterocycles. The molecule has 3 aromatic rings. The fourth-order valence-electron chi connectivity index (χ4n) is 2.38. The number of hydrogen-bond acceptors (Lipinski definition) is 5. The molecular formula is C16H15FN4O2. The van der Waals surface area contributed by atoms with Gasteiger partial charge >= 0.3 is 0 Å². The van der Waals surface area contributed by atoms with E-state index in [1.165, 1.54) is 35.5 Å². The number of hydrogen-bond donors (Lipinski definition) is 2. The summed E-state index contributed by atoms with van der Waals surface area (Å²) >= 11 is 0. The van der Waals surface area contributed by atoms with Crippen molar-refractivity contribution in [1.29, 1.82) is 0 Å². The molecule has 2 N–H and O–H groups in total. The van der Waals surface area contributed by atoms with Crippen molar-refractivity contribution in [2.45, 2.75) is 6.04 Å². The number of methoxy groups -OCH3 is 1. The number of rotatable bonds is 5. The first-order valence-electron chi connectivity index (χ1n) is 6.91. The van der Waals surface area contributed by atoms with Gasteiger partial charge in [0, 0.05) is 11.1 Å². The minimum absolute atomic E-state index is 0.0251. The zero-order valence-corrected chi connectivity index (χ0v) is 12.3. The molecule has 0 aliphatic heterocycles. The predicted octanol–water partition coefficient (Wildman–Crippen LogP) is 2.46. The normalized spacial score (nSPS) is 11.9. The third-order valence-corrected chi connectivity index (χ3v) is 3.45. The van der Waals surface area contributed by atoms with E-state index in [0.717, 1.165) is 5.56 Å². The quantitative estimate of drug-likeness (QED) is 0.757. The maximum atomic E-state index is 13.7. The molecule has 23 heavy (non-hydrogen) atoms. The van der Waals surface area contributed by atoms with E-state index in [9.17, 15) is 9.50 Å². The Labute approximate surface area is 132 Å². The van der Waals surface area contributed by atoms with Crippen molar-refractivity contribution in [1.82, 2.24) is 14.9 Å². The van der Waals surface area contributed by atoms with Gasteiger partial charge in [0.2, 0.25) is 0 Å². The molecule has 3 rings (SSSR count). The minimum Gasteiger partial charge on any atom is -0.508 e. The first-order chi connectivity index (χ1) is 11.2. The number of nitrogens with zero attached hydrogens (tertiary/aromatic N) is 3. The summed E-state index contributed by atoms with van der Waals surface area (Å²) < 4.78 is 20.6. The van der Waals surface area contributed by atoms with Crippen molar-refractivity contribution in [2.75, 3.05) is 12.5 Å². The molecule has 1 aromatic heterocycles. The third-order valence-electron chi connectivity index (χ3n) is 3.45. The van der Waals surface area contributed by atoms with Gasteiger partial charge in [-0.25, -0.2) is 9.07 Å². The molecule has 7 heteroatoms. The van der Waals surface area contributed by atoms with E-state index < -0.39 is 11.9 Å². The molecule has 0 aliphatic rings. The van der Waals surface area contributed by atoms with Crippen LogP contribution in [-0.4, -0.2) is 27.1 Å². The highest BCUT2D eigenvalue weighted by atomic mass is 19.1. The van der Waals surface area contributed by atoms with Gasteiger partial charge in [0.25, 0.3) is 0 Å². The molecule has 0 spiro atoms. The van der Waals surface area contributed by atoms with Crippen molar-refractivity contribution in [2.24, 2.45) is 0 Å². The molecule has 0 bridgehead atoms. The Balaban J connectivity index is 2.11. The lowest BCUT2D eigenvalue weighted by Crippen LogP contribution is -2.21. The first-order valence-corrected chi connectivity index (χ1v) is 6.91. The lowest BCUT2D eigenvalue weighted by molar-refractivity contribution is 0.406. The number of phenols is 1. The van der Waals surface area contributed by atoms with E-state index in [1.807, 2.05) is 18.2 Å². The summed E-state index contributed by atoms with van der Waals surface area (Å²) in [5.74, 6) is 0.146. The highest BCUT2D eigenvalue weighted by molar-refractivity contribution is 5.47. The second-order valence-corrected chi connectivity index (χ2v) is 4.88. The number of benzene rings is 2. The summed E-state index contributed by atoms with van der Waals surface area (Å²) in [6.45, 7) is 0. The van der Waals surface area contributed by atoms with Gasteiger partial charge in [-0.05, 0) is 24.3 Å². The average Bonchev–Trinajstić information content (AvgIpc) is 3.08. The number of aromatic hydroxyl groups is 1. The average molecular weight is 314 g/mol. The Kier molecular flexibility index (Phi) is 4.09. The topological polar surface area (TPSA) is 72.2 Å². The molecule has 0 amide bonds. The fraction of sp³-hybridized carbons (Fsp3) is 0.125. The Morgan fingerprint density at radius 2 is 1.87 bits per heavy atom. The third kappa shape index (κ3) is 3.08. The first kappa shape index (κ1) is 14.8. The van der Waals surface area contributed by atoms with Crippen LogP contribution in [0.4, 0.5) is 4.39 Å². The molecule has 0 saturated carbocycles. The Morgan fingerprint density at radius 3 is 2.61 bits per heavy atom. The molecule has 1 atom stereocenters. The summed E-state index contributed by atoms with van der Waals surface area (Å²) in [6.07, 6.45) is 2.94. The van der Waals surface area contributed by atoms with Crippen molar-refractivity contribution in [3.8, 4) is 11.5 Å². The molecular weight excluding hydrogens is 299 g/mol. The SMILES string of the molecule is COc1ccccc1C(Nn1cnnc1)c1cc(F)ccc1O. The molecule has 0 aliphatic carbocycles. The van der Waals surface area contributed by atoms with Crippen LogP contribution in [0, 0.1) is 5.82 Å². The lowest BCUT2D eigenvalue weighted by Gasteiger charge is -2.23. The summed E-state index contributed by atoms with van der Waals surface area (Å²) in [5.41, 5.74) is 4.24. The number of phenolic OH excluding ortho intramolecular Hbond substituents is 1. The van der Waals surface area contributed by atoms with Crippen LogP contribution in [0.25, 0.3) is 0 Å². The van der Waals surface area contributed by atoms with Gasteiger partial charge in [-0.1, -0.05) is 18.2 Å². The summed E-state index contributed by atoms with van der Waals surface area (Å²) in [6, 6.07) is 10.6. The van der Waals surface area contributed by atoms with Crippen LogP contribution in [0.3, 0.4) is 0 Å². The number of aromatic nitrogens is 3. The second kappa shape index (κ2) is 6.35. The number of halogens is 1. The molecule has 1 unspecified atom stereocenters. The van der Waals surface area contributed by atoms with Crippen LogP contribution in [0.5, 0.6) is 11.5 Å². The monoisotopic (exact) mass is 314 g/mol. The van der Waals surface area contributed by atoms with Crippen molar-refractivity contribution in [3.05, 3.63) is 72.1 Å². The van der Waals surface area contributed by atoms with Crippen molar-refractivity contribution in [3.63, 3.8) is 0 Å². The van der Waals surface area contributed by atoms with Gasteiger partial charge in [-0.15, -0.1) is 10.2 Å². The summed E-state index contributed by atoms with van der Waals surface area (Å²) in [7, 11) is 1.56. The number of ether oxygens (including phenoxy) is 1. The van der Waals surface area contributed by atoms with E-state index in [1.54, 1.807) is 13.2 Å². The Hall–Kier alpha value is -3.09. The highest BCUT2D eigenvalue weighted by Gasteiger charge is 2.22. The number of para-hydroxylation sites is 1. The van der Waals surface area contributed by atoms with Gasteiger partial charge < -0.3 is 15.3 Å². The maximum absolute atomic E-state index is 13.7. The van der Waals surface area contributed by atoms with Crippen LogP contribution < -0.4 is 10.2 Å². The van der Waals surface area contributed by atoms with E-state index >= 15 is 0 Å². The lowest BCUT2D eigenvalue weighted by atomic mass is 9.97. The summed E-state index contributed by atoms with van der Waals surface area (Å²) in [4.78, 5) is 0. The van der Waals surface area contributed by atoms with Gasteiger partial charge in [-0.3, -0.25) is 0 Å². The van der Waals surface area contributed by atoms with Crippen molar-refractivity contribution >= 4 is 0 Å². The largest absolute Gasteiger partial charge is 0.508 e. The Morgan fingerprint density at radius 1 is 1.13 bits per heavy atom. The van der Waals surface area contributed by atoms with E-state index in [2.05, 4.69) is 15.6 Å². The van der Waals surface area contributed by atoms with E-state index in [0.29, 0.717) is 11.3 Å². The zero-order valence-electron chi connectivity index (χ0n) is 12.3. The van der Waals surface area contributed by atoms with Gasteiger partial charge in [0.1, 0.15) is 30.0 Å². The molecule has 1 heterocycles. The van der Waals surface area contributed by atoms with E-state index in [4.69, 9.17) is 4.74 Å². The van der Waals surface area contributed by atoms with Gasteiger partial charge in [-0.2, -0.15) is 0 Å². The van der Waals surface area contributed by atoms with Crippen LogP contribution >= 0.6 is 0 Å². The highest BCUT2D eigenvalue weighted by Crippen LogP contribution is 2.35. The summed E-state index contributed by atoms with van der Waals surface area (Å²) in [5, 5.41) is 17.6. The maximum Gasteiger partial charge on any atom is 0.138 e. The molecule has 0 fully saturated rings. The fourth-order valence-corrected chi connectivity index (χ4v) is 2.38. The zero-order chi connectivity index (χ0) is 16.2. The predicted molar refractivity (Wildman–Crippen MR) is 82.3 cm³/mol. The van der Waals surface area contributed by atoms with Crippen LogP contribution in [0.1, 0.15) is 17.2 Å². The molecule has 0 radical (unpaired) electrons. The van der Waals surface area contributed by atoms with Crippen LogP contribution in [0.15, 0.2) is 55.1 Å². The van der Waals surface area contributed by atoms with Crippen LogP contribution in [-0.2, 0) is 0 Å². The smallest absolute Gasteiger partial charge is 0.138 e. The second-order valence-electron chi connectivity index (χ2n) is 4.88. The standard InChI is InChI=1S/C16H15FN4O2/c1-23-15-5-3-2-4-12(15)16(20-21-9-18-19-10-21)13-8-11(17)6-7-14(13)22/h2-10,16,20,22H,1H3. The minimum atomic E-state index is -0.558. The van der Waals surface area contributed by atoms with Crippen LogP contribution in [0.2, 0.25) is 0 Å². The molecule has 6 nitrogen and oxygen atoms in total. The Bertz CT molecular complexity index is 793. The van der Waals surface area contributed by atoms with Gasteiger partial charge in [0.15, 0.2) is 0 Å².